The van der Waals surface area contributed by atoms with Gasteiger partial charge in [0.1, 0.15) is 6.04 Å². The lowest BCUT2D eigenvalue weighted by Crippen LogP contribution is -2.51. The van der Waals surface area contributed by atoms with Crippen molar-refractivity contribution in [1.82, 2.24) is 5.32 Å². The number of carbonyl (C=O) groups is 2. The summed E-state index contributed by atoms with van der Waals surface area (Å²) in [4.78, 5) is 23.4. The predicted molar refractivity (Wildman–Crippen MR) is 86.4 cm³/mol. The molecule has 1 rings (SSSR count). The summed E-state index contributed by atoms with van der Waals surface area (Å²) in [6.45, 7) is 3.92. The molecule has 0 saturated heterocycles. The average Bonchev–Trinajstić information content (AvgIpc) is 2.37. The smallest absolute Gasteiger partial charge is 0.240 e. The van der Waals surface area contributed by atoms with E-state index in [1.807, 2.05) is 38.1 Å². The number of primary amides is 1. The highest BCUT2D eigenvalue weighted by molar-refractivity contribution is 9.10. The zero-order chi connectivity index (χ0) is 16.0. The van der Waals surface area contributed by atoms with E-state index in [-0.39, 0.29) is 11.8 Å². The quantitative estimate of drug-likeness (QED) is 0.688. The first kappa shape index (κ1) is 17.7. The Labute approximate surface area is 133 Å². The van der Waals surface area contributed by atoms with Gasteiger partial charge in [0.05, 0.1) is 6.04 Å². The number of amides is 2. The molecule has 5 nitrogen and oxygen atoms in total. The Morgan fingerprint density at radius 2 is 2.00 bits per heavy atom. The predicted octanol–water partition coefficient (Wildman–Crippen LogP) is 1.34. The van der Waals surface area contributed by atoms with Crippen LogP contribution in [0.25, 0.3) is 0 Å². The van der Waals surface area contributed by atoms with Crippen molar-refractivity contribution in [3.63, 3.8) is 0 Å². The molecule has 0 spiro atoms. The van der Waals surface area contributed by atoms with Crippen LogP contribution in [0.4, 0.5) is 0 Å². The van der Waals surface area contributed by atoms with Gasteiger partial charge in [0.25, 0.3) is 0 Å². The van der Waals surface area contributed by atoms with E-state index >= 15 is 0 Å². The SMILES string of the molecule is CC(C)C[C@H](NC(=O)C(N)Cc1cccc(Br)c1)C(N)=O. The standard InChI is InChI=1S/C15H22BrN3O2/c1-9(2)6-13(14(18)20)19-15(21)12(17)8-10-4-3-5-11(16)7-10/h3-5,7,9,12-13H,6,8,17H2,1-2H3,(H2,18,20)(H,19,21)/t12?,13-/m0/s1. The van der Waals surface area contributed by atoms with Crippen molar-refractivity contribution < 1.29 is 9.59 Å². The van der Waals surface area contributed by atoms with Gasteiger partial charge in [-0.1, -0.05) is 41.9 Å². The van der Waals surface area contributed by atoms with Crippen LogP contribution in [0, 0.1) is 5.92 Å². The first-order chi connectivity index (χ1) is 9.79. The lowest BCUT2D eigenvalue weighted by molar-refractivity contribution is -0.128. The highest BCUT2D eigenvalue weighted by atomic mass is 79.9. The summed E-state index contributed by atoms with van der Waals surface area (Å²) in [5.74, 6) is -0.643. The van der Waals surface area contributed by atoms with Gasteiger partial charge < -0.3 is 16.8 Å². The molecule has 0 aliphatic carbocycles. The zero-order valence-corrected chi connectivity index (χ0v) is 13.9. The third-order valence-electron chi connectivity index (χ3n) is 3.05. The van der Waals surface area contributed by atoms with Gasteiger partial charge in [-0.05, 0) is 36.5 Å². The maximum atomic E-state index is 12.1. The van der Waals surface area contributed by atoms with Crippen LogP contribution in [0.15, 0.2) is 28.7 Å². The fourth-order valence-corrected chi connectivity index (χ4v) is 2.45. The van der Waals surface area contributed by atoms with Gasteiger partial charge in [0.15, 0.2) is 0 Å². The Balaban J connectivity index is 2.62. The molecule has 5 N–H and O–H groups in total. The van der Waals surface area contributed by atoms with Crippen molar-refractivity contribution >= 4 is 27.7 Å². The number of hydrogen-bond donors (Lipinski definition) is 3. The van der Waals surface area contributed by atoms with Crippen molar-refractivity contribution in [3.8, 4) is 0 Å². The molecule has 0 aliphatic heterocycles. The average molecular weight is 356 g/mol. The molecule has 0 aromatic heterocycles. The Kier molecular flexibility index (Phi) is 6.84. The van der Waals surface area contributed by atoms with Crippen LogP contribution < -0.4 is 16.8 Å². The number of hydrogen-bond acceptors (Lipinski definition) is 3. The molecule has 2 amide bonds. The first-order valence-corrected chi connectivity index (χ1v) is 7.68. The Morgan fingerprint density at radius 1 is 1.33 bits per heavy atom. The van der Waals surface area contributed by atoms with E-state index in [9.17, 15) is 9.59 Å². The van der Waals surface area contributed by atoms with E-state index in [4.69, 9.17) is 11.5 Å². The van der Waals surface area contributed by atoms with Crippen LogP contribution >= 0.6 is 15.9 Å². The summed E-state index contributed by atoms with van der Waals surface area (Å²) < 4.78 is 0.933. The Bertz CT molecular complexity index is 505. The van der Waals surface area contributed by atoms with Gasteiger partial charge in [-0.15, -0.1) is 0 Å². The summed E-state index contributed by atoms with van der Waals surface area (Å²) in [5, 5.41) is 2.63. The van der Waals surface area contributed by atoms with E-state index < -0.39 is 18.0 Å². The number of carbonyl (C=O) groups excluding carboxylic acids is 2. The Morgan fingerprint density at radius 3 is 2.52 bits per heavy atom. The van der Waals surface area contributed by atoms with Crippen LogP contribution in [-0.2, 0) is 16.0 Å². The fraction of sp³-hybridized carbons (Fsp3) is 0.467. The lowest BCUT2D eigenvalue weighted by Gasteiger charge is -2.20. The minimum absolute atomic E-state index is 0.254. The van der Waals surface area contributed by atoms with Crippen molar-refractivity contribution in [2.75, 3.05) is 0 Å². The summed E-state index contributed by atoms with van der Waals surface area (Å²) in [6.07, 6.45) is 0.906. The fourth-order valence-electron chi connectivity index (χ4n) is 2.01. The Hall–Kier alpha value is -1.40. The second kappa shape index (κ2) is 8.14. The number of nitrogens with one attached hydrogen (secondary N) is 1. The highest BCUT2D eigenvalue weighted by Gasteiger charge is 2.22. The van der Waals surface area contributed by atoms with Crippen LogP contribution in [0.1, 0.15) is 25.8 Å². The molecule has 6 heteroatoms. The van der Waals surface area contributed by atoms with Gasteiger partial charge in [-0.3, -0.25) is 9.59 Å². The second-order valence-corrected chi connectivity index (χ2v) is 6.45. The maximum Gasteiger partial charge on any atom is 0.240 e. The molecule has 1 unspecified atom stereocenters. The molecular formula is C15H22BrN3O2. The highest BCUT2D eigenvalue weighted by Crippen LogP contribution is 2.13. The van der Waals surface area contributed by atoms with E-state index in [1.54, 1.807) is 0 Å². The molecule has 1 aromatic carbocycles. The van der Waals surface area contributed by atoms with Crippen LogP contribution in [0.5, 0.6) is 0 Å². The molecule has 21 heavy (non-hydrogen) atoms. The molecule has 0 aliphatic rings. The molecule has 0 fully saturated rings. The van der Waals surface area contributed by atoms with Gasteiger partial charge in [0.2, 0.25) is 11.8 Å². The van der Waals surface area contributed by atoms with Crippen molar-refractivity contribution in [3.05, 3.63) is 34.3 Å². The minimum atomic E-state index is -0.715. The van der Waals surface area contributed by atoms with Gasteiger partial charge in [-0.25, -0.2) is 0 Å². The van der Waals surface area contributed by atoms with Gasteiger partial charge in [-0.2, -0.15) is 0 Å². The molecule has 116 valence electrons. The maximum absolute atomic E-state index is 12.1. The van der Waals surface area contributed by atoms with Gasteiger partial charge in [0, 0.05) is 4.47 Å². The molecule has 0 saturated carbocycles. The zero-order valence-electron chi connectivity index (χ0n) is 12.3. The largest absolute Gasteiger partial charge is 0.368 e. The van der Waals surface area contributed by atoms with Crippen molar-refractivity contribution in [2.24, 2.45) is 17.4 Å². The molecular weight excluding hydrogens is 334 g/mol. The molecule has 0 bridgehead atoms. The van der Waals surface area contributed by atoms with E-state index in [0.29, 0.717) is 12.8 Å². The normalized spacial score (nSPS) is 13.8. The summed E-state index contributed by atoms with van der Waals surface area (Å²) >= 11 is 3.37. The van der Waals surface area contributed by atoms with Crippen LogP contribution in [-0.4, -0.2) is 23.9 Å². The molecule has 1 aromatic rings. The topological polar surface area (TPSA) is 98.2 Å². The van der Waals surface area contributed by atoms with Crippen molar-refractivity contribution in [1.29, 1.82) is 0 Å². The van der Waals surface area contributed by atoms with E-state index in [2.05, 4.69) is 21.2 Å². The van der Waals surface area contributed by atoms with E-state index in [0.717, 1.165) is 10.0 Å². The summed E-state index contributed by atoms with van der Waals surface area (Å²) in [7, 11) is 0. The van der Waals surface area contributed by atoms with E-state index in [1.165, 1.54) is 0 Å². The molecule has 0 heterocycles. The number of nitrogens with two attached hydrogens (primary N) is 2. The monoisotopic (exact) mass is 355 g/mol. The molecule has 2 atom stereocenters. The number of rotatable bonds is 7. The summed E-state index contributed by atoms with van der Waals surface area (Å²) in [6, 6.07) is 6.21. The molecule has 0 radical (unpaired) electrons. The third-order valence-corrected chi connectivity index (χ3v) is 3.54. The lowest BCUT2D eigenvalue weighted by atomic mass is 10.0. The number of halogens is 1. The van der Waals surface area contributed by atoms with Gasteiger partial charge >= 0.3 is 0 Å². The van der Waals surface area contributed by atoms with Crippen molar-refractivity contribution in [2.45, 2.75) is 38.8 Å². The number of benzene rings is 1. The van der Waals surface area contributed by atoms with Crippen LogP contribution in [0.2, 0.25) is 0 Å². The summed E-state index contributed by atoms with van der Waals surface area (Å²) in [5.41, 5.74) is 12.2. The second-order valence-electron chi connectivity index (χ2n) is 5.53. The third kappa shape index (κ3) is 6.27. The minimum Gasteiger partial charge on any atom is -0.368 e. The van der Waals surface area contributed by atoms with Crippen LogP contribution in [0.3, 0.4) is 0 Å². The first-order valence-electron chi connectivity index (χ1n) is 6.89.